The van der Waals surface area contributed by atoms with Gasteiger partial charge in [0, 0.05) is 11.2 Å². The van der Waals surface area contributed by atoms with Crippen molar-refractivity contribution in [3.63, 3.8) is 0 Å². The Morgan fingerprint density at radius 1 is 0.952 bits per heavy atom. The Morgan fingerprint density at radius 3 is 2.05 bits per heavy atom. The molecule has 0 radical (unpaired) electrons. The zero-order chi connectivity index (χ0) is 16.3. The average molecular weight is 290 g/mol. The molecule has 0 aliphatic heterocycles. The number of rotatable bonds is 3. The molecule has 2 N–H and O–H groups in total. The van der Waals surface area contributed by atoms with Gasteiger partial charge in [0.2, 0.25) is 11.8 Å². The number of nitrogens with one attached hydrogen (secondary N) is 2. The number of hydrogen-bond acceptors (Lipinski definition) is 2. The van der Waals surface area contributed by atoms with Crippen molar-refractivity contribution >= 4 is 17.5 Å². The van der Waals surface area contributed by atoms with Crippen LogP contribution in [0.3, 0.4) is 0 Å². The predicted molar refractivity (Wildman–Crippen MR) is 86.3 cm³/mol. The van der Waals surface area contributed by atoms with Crippen molar-refractivity contribution in [2.75, 3.05) is 5.32 Å². The Balaban J connectivity index is 2.75. The van der Waals surface area contributed by atoms with Crippen molar-refractivity contribution in [2.24, 2.45) is 0 Å². The van der Waals surface area contributed by atoms with Gasteiger partial charge in [0.25, 0.3) is 0 Å². The van der Waals surface area contributed by atoms with Gasteiger partial charge in [0.15, 0.2) is 0 Å². The molecule has 0 saturated heterocycles. The molecule has 0 bridgehead atoms. The number of amides is 2. The third-order valence-corrected chi connectivity index (χ3v) is 2.84. The highest BCUT2D eigenvalue weighted by Crippen LogP contribution is 2.29. The molecule has 4 nitrogen and oxygen atoms in total. The number of benzene rings is 1. The van der Waals surface area contributed by atoms with E-state index in [1.807, 2.05) is 45.0 Å². The maximum Gasteiger partial charge on any atom is 0.233 e. The van der Waals surface area contributed by atoms with Gasteiger partial charge in [-0.25, -0.2) is 0 Å². The molecular weight excluding hydrogens is 264 g/mol. The van der Waals surface area contributed by atoms with E-state index in [9.17, 15) is 9.59 Å². The lowest BCUT2D eigenvalue weighted by atomic mass is 9.86. The highest BCUT2D eigenvalue weighted by Gasteiger charge is 2.20. The largest absolute Gasteiger partial charge is 0.351 e. The summed E-state index contributed by atoms with van der Waals surface area (Å²) in [6.45, 7) is 11.9. The van der Waals surface area contributed by atoms with Gasteiger partial charge in [-0.1, -0.05) is 39.0 Å². The molecule has 116 valence electrons. The number of para-hydroxylation sites is 1. The lowest BCUT2D eigenvalue weighted by Crippen LogP contribution is -2.42. The molecule has 0 heterocycles. The summed E-state index contributed by atoms with van der Waals surface area (Å²) in [5.74, 6) is -0.568. The Kier molecular flexibility index (Phi) is 5.15. The molecule has 0 atom stereocenters. The Bertz CT molecular complexity index is 522. The molecule has 0 fully saturated rings. The van der Waals surface area contributed by atoms with Gasteiger partial charge in [0.05, 0.1) is 0 Å². The van der Waals surface area contributed by atoms with E-state index in [1.54, 1.807) is 0 Å². The molecule has 0 spiro atoms. The number of anilines is 1. The summed E-state index contributed by atoms with van der Waals surface area (Å²) in [6.07, 6.45) is -0.171. The van der Waals surface area contributed by atoms with E-state index in [4.69, 9.17) is 0 Å². The van der Waals surface area contributed by atoms with Crippen LogP contribution in [0.5, 0.6) is 0 Å². The van der Waals surface area contributed by atoms with Gasteiger partial charge in [0.1, 0.15) is 6.42 Å². The van der Waals surface area contributed by atoms with E-state index in [0.717, 1.165) is 11.3 Å². The van der Waals surface area contributed by atoms with E-state index >= 15 is 0 Å². The smallest absolute Gasteiger partial charge is 0.233 e. The van der Waals surface area contributed by atoms with Crippen LogP contribution in [0.2, 0.25) is 0 Å². The van der Waals surface area contributed by atoms with Crippen LogP contribution in [0.1, 0.15) is 53.5 Å². The van der Waals surface area contributed by atoms with Crippen LogP contribution in [-0.2, 0) is 15.0 Å². The Hall–Kier alpha value is -1.84. The van der Waals surface area contributed by atoms with Crippen LogP contribution in [0.15, 0.2) is 24.3 Å². The molecule has 2 amide bonds. The minimum Gasteiger partial charge on any atom is -0.351 e. The summed E-state index contributed by atoms with van der Waals surface area (Å²) in [7, 11) is 0. The van der Waals surface area contributed by atoms with Crippen molar-refractivity contribution in [3.05, 3.63) is 29.8 Å². The van der Waals surface area contributed by atoms with Gasteiger partial charge in [-0.3, -0.25) is 9.59 Å². The van der Waals surface area contributed by atoms with Crippen molar-refractivity contribution in [1.82, 2.24) is 5.32 Å². The first-order valence-electron chi connectivity index (χ1n) is 7.19. The summed E-state index contributed by atoms with van der Waals surface area (Å²) in [4.78, 5) is 23.8. The zero-order valence-corrected chi connectivity index (χ0v) is 13.8. The van der Waals surface area contributed by atoms with Gasteiger partial charge < -0.3 is 10.6 Å². The average Bonchev–Trinajstić information content (AvgIpc) is 2.24. The molecule has 1 aromatic carbocycles. The Morgan fingerprint density at radius 2 is 1.52 bits per heavy atom. The second-order valence-corrected chi connectivity index (χ2v) is 7.32. The minimum atomic E-state index is -0.333. The normalized spacial score (nSPS) is 11.9. The van der Waals surface area contributed by atoms with Crippen LogP contribution in [-0.4, -0.2) is 17.4 Å². The summed E-state index contributed by atoms with van der Waals surface area (Å²) in [5, 5.41) is 5.61. The SMILES string of the molecule is CC(C)(C)NC(=O)CC(=O)Nc1ccccc1C(C)(C)C. The van der Waals surface area contributed by atoms with E-state index in [2.05, 4.69) is 31.4 Å². The van der Waals surface area contributed by atoms with E-state index in [0.29, 0.717) is 0 Å². The lowest BCUT2D eigenvalue weighted by molar-refractivity contribution is -0.127. The number of carbonyl (C=O) groups excluding carboxylic acids is 2. The van der Waals surface area contributed by atoms with Crippen LogP contribution in [0, 0.1) is 0 Å². The molecule has 4 heteroatoms. The molecule has 0 aliphatic rings. The van der Waals surface area contributed by atoms with E-state index in [-0.39, 0.29) is 29.2 Å². The number of hydrogen-bond donors (Lipinski definition) is 2. The third-order valence-electron chi connectivity index (χ3n) is 2.84. The first-order chi connectivity index (χ1) is 9.49. The molecule has 0 aromatic heterocycles. The molecule has 0 unspecified atom stereocenters. The van der Waals surface area contributed by atoms with Crippen LogP contribution < -0.4 is 10.6 Å². The predicted octanol–water partition coefficient (Wildman–Crippen LogP) is 3.23. The van der Waals surface area contributed by atoms with E-state index < -0.39 is 0 Å². The fourth-order valence-corrected chi connectivity index (χ4v) is 2.05. The summed E-state index contributed by atoms with van der Waals surface area (Å²) in [6, 6.07) is 7.67. The van der Waals surface area contributed by atoms with Gasteiger partial charge in [-0.05, 0) is 37.8 Å². The van der Waals surface area contributed by atoms with Crippen LogP contribution in [0.25, 0.3) is 0 Å². The van der Waals surface area contributed by atoms with Gasteiger partial charge >= 0.3 is 0 Å². The summed E-state index contributed by atoms with van der Waals surface area (Å²) in [5.41, 5.74) is 1.41. The maximum atomic E-state index is 12.0. The fraction of sp³-hybridized carbons (Fsp3) is 0.529. The van der Waals surface area contributed by atoms with Gasteiger partial charge in [-0.2, -0.15) is 0 Å². The topological polar surface area (TPSA) is 58.2 Å². The first kappa shape index (κ1) is 17.2. The van der Waals surface area contributed by atoms with Gasteiger partial charge in [-0.15, -0.1) is 0 Å². The molecule has 1 aromatic rings. The molecule has 1 rings (SSSR count). The lowest BCUT2D eigenvalue weighted by Gasteiger charge is -2.23. The quantitative estimate of drug-likeness (QED) is 0.840. The van der Waals surface area contributed by atoms with E-state index in [1.165, 1.54) is 0 Å². The number of carbonyl (C=O) groups is 2. The first-order valence-corrected chi connectivity index (χ1v) is 7.19. The second kappa shape index (κ2) is 6.29. The summed E-state index contributed by atoms with van der Waals surface area (Å²) >= 11 is 0. The zero-order valence-electron chi connectivity index (χ0n) is 13.8. The van der Waals surface area contributed by atoms with Crippen LogP contribution in [0.4, 0.5) is 5.69 Å². The molecule has 0 aliphatic carbocycles. The third kappa shape index (κ3) is 5.98. The highest BCUT2D eigenvalue weighted by molar-refractivity contribution is 6.04. The fourth-order valence-electron chi connectivity index (χ4n) is 2.05. The standard InChI is InChI=1S/C17H26N2O2/c1-16(2,3)12-9-7-8-10-13(12)18-14(20)11-15(21)19-17(4,5)6/h7-10H,11H2,1-6H3,(H,18,20)(H,19,21). The van der Waals surface area contributed by atoms with Crippen LogP contribution >= 0.6 is 0 Å². The van der Waals surface area contributed by atoms with Crippen molar-refractivity contribution in [2.45, 2.75) is 58.9 Å². The summed E-state index contributed by atoms with van der Waals surface area (Å²) < 4.78 is 0. The Labute approximate surface area is 127 Å². The van der Waals surface area contributed by atoms with Crippen molar-refractivity contribution < 1.29 is 9.59 Å². The van der Waals surface area contributed by atoms with Crippen molar-refractivity contribution in [3.8, 4) is 0 Å². The van der Waals surface area contributed by atoms with Crippen molar-refractivity contribution in [1.29, 1.82) is 0 Å². The highest BCUT2D eigenvalue weighted by atomic mass is 16.2. The molecular formula is C17H26N2O2. The maximum absolute atomic E-state index is 12.0. The molecule has 0 saturated carbocycles. The minimum absolute atomic E-state index is 0.0719. The molecule has 21 heavy (non-hydrogen) atoms. The second-order valence-electron chi connectivity index (χ2n) is 7.32. The monoisotopic (exact) mass is 290 g/mol.